The van der Waals surface area contributed by atoms with Gasteiger partial charge in [-0.25, -0.2) is 0 Å². The lowest BCUT2D eigenvalue weighted by Gasteiger charge is -2.37. The first-order valence-electron chi connectivity index (χ1n) is 9.66. The van der Waals surface area contributed by atoms with Crippen molar-refractivity contribution in [3.05, 3.63) is 53.9 Å². The van der Waals surface area contributed by atoms with Gasteiger partial charge in [0, 0.05) is 24.8 Å². The van der Waals surface area contributed by atoms with Crippen LogP contribution >= 0.6 is 0 Å². The molecule has 0 saturated carbocycles. The molecule has 1 aromatic heterocycles. The topological polar surface area (TPSA) is 81.1 Å². The quantitative estimate of drug-likeness (QED) is 0.667. The van der Waals surface area contributed by atoms with Gasteiger partial charge in [-0.2, -0.15) is 0 Å². The molecule has 0 radical (unpaired) electrons. The average Bonchev–Trinajstić information content (AvgIpc) is 2.77. The van der Waals surface area contributed by atoms with Crippen LogP contribution in [0.25, 0.3) is 0 Å². The van der Waals surface area contributed by atoms with E-state index in [1.54, 1.807) is 23.2 Å². The van der Waals surface area contributed by atoms with Gasteiger partial charge in [0.1, 0.15) is 12.2 Å². The maximum absolute atomic E-state index is 12.9. The first-order chi connectivity index (χ1) is 14.7. The Hall–Kier alpha value is -2.85. The number of aromatic nitrogens is 1. The predicted octanol–water partition coefficient (Wildman–Crippen LogP) is 3.13. The number of alkyl halides is 3. The van der Waals surface area contributed by atoms with Crippen LogP contribution in [0.5, 0.6) is 11.5 Å². The number of likely N-dealkylation sites (tertiary alicyclic amines) is 1. The number of hydrogen-bond donors (Lipinski definition) is 1. The minimum Gasteiger partial charge on any atom is -0.493 e. The summed E-state index contributed by atoms with van der Waals surface area (Å²) in [5, 5.41) is 10.9. The lowest BCUT2D eigenvalue weighted by Crippen LogP contribution is -2.45. The molecular formula is C21H23F3N2O5. The Morgan fingerprint density at radius 1 is 1.16 bits per heavy atom. The second-order valence-corrected chi connectivity index (χ2v) is 7.05. The molecule has 31 heavy (non-hydrogen) atoms. The van der Waals surface area contributed by atoms with Crippen molar-refractivity contribution in [2.24, 2.45) is 0 Å². The van der Waals surface area contributed by atoms with Crippen LogP contribution in [0.3, 0.4) is 0 Å². The minimum atomic E-state index is -4.72. The van der Waals surface area contributed by atoms with Crippen molar-refractivity contribution in [1.82, 2.24) is 9.88 Å². The number of carbonyl (C=O) groups excluding carboxylic acids is 1. The Kier molecular flexibility index (Phi) is 7.01. The Morgan fingerprint density at radius 2 is 1.90 bits per heavy atom. The standard InChI is InChI=1S/C21H23F3N2O5/c1-29-17-14-15(5-6-16(17)30-12-13-31-21(22,23)24)19(27)26-10-7-20(28,8-11-26)18-4-2-3-9-25-18/h2-6,9,14,28H,7-8,10-13H2,1H3. The molecule has 0 atom stereocenters. The molecule has 1 amide bonds. The number of nitrogens with zero attached hydrogens (tertiary/aromatic N) is 2. The molecule has 0 aliphatic carbocycles. The van der Waals surface area contributed by atoms with Crippen molar-refractivity contribution in [3.8, 4) is 11.5 Å². The van der Waals surface area contributed by atoms with Gasteiger partial charge in [0.05, 0.1) is 19.4 Å². The van der Waals surface area contributed by atoms with E-state index in [0.717, 1.165) is 0 Å². The lowest BCUT2D eigenvalue weighted by molar-refractivity contribution is -0.325. The van der Waals surface area contributed by atoms with Gasteiger partial charge in [0.15, 0.2) is 11.5 Å². The molecule has 0 unspecified atom stereocenters. The van der Waals surface area contributed by atoms with E-state index in [0.29, 0.717) is 37.2 Å². The fourth-order valence-electron chi connectivity index (χ4n) is 3.39. The highest BCUT2D eigenvalue weighted by Crippen LogP contribution is 2.33. The summed E-state index contributed by atoms with van der Waals surface area (Å²) in [5.74, 6) is 0.182. The number of pyridine rings is 1. The third-order valence-corrected chi connectivity index (χ3v) is 5.04. The summed E-state index contributed by atoms with van der Waals surface area (Å²) in [6.07, 6.45) is -2.39. The number of piperidine rings is 1. The minimum absolute atomic E-state index is 0.202. The van der Waals surface area contributed by atoms with E-state index in [9.17, 15) is 23.1 Å². The summed E-state index contributed by atoms with van der Waals surface area (Å²) in [6, 6.07) is 9.81. The van der Waals surface area contributed by atoms with Gasteiger partial charge in [0.25, 0.3) is 5.91 Å². The molecular weight excluding hydrogens is 417 g/mol. The van der Waals surface area contributed by atoms with Crippen molar-refractivity contribution in [2.45, 2.75) is 24.8 Å². The smallest absolute Gasteiger partial charge is 0.493 e. The fraction of sp³-hybridized carbons (Fsp3) is 0.429. The SMILES string of the molecule is COc1cc(C(=O)N2CCC(O)(c3ccccn3)CC2)ccc1OCCOC(F)(F)F. The van der Waals surface area contributed by atoms with E-state index in [-0.39, 0.29) is 24.0 Å². The van der Waals surface area contributed by atoms with E-state index in [1.165, 1.54) is 25.3 Å². The number of halogens is 3. The van der Waals surface area contributed by atoms with Crippen LogP contribution in [-0.4, -0.2) is 60.7 Å². The van der Waals surface area contributed by atoms with Crippen molar-refractivity contribution >= 4 is 5.91 Å². The number of carbonyl (C=O) groups is 1. The molecule has 1 fully saturated rings. The zero-order valence-electron chi connectivity index (χ0n) is 16.9. The summed E-state index contributed by atoms with van der Waals surface area (Å²) in [6.45, 7) is -0.301. The molecule has 1 N–H and O–H groups in total. The summed E-state index contributed by atoms with van der Waals surface area (Å²) >= 11 is 0. The van der Waals surface area contributed by atoms with E-state index in [2.05, 4.69) is 9.72 Å². The van der Waals surface area contributed by atoms with Crippen LogP contribution < -0.4 is 9.47 Å². The molecule has 0 spiro atoms. The average molecular weight is 440 g/mol. The maximum Gasteiger partial charge on any atom is 0.522 e. The van der Waals surface area contributed by atoms with E-state index < -0.39 is 18.6 Å². The van der Waals surface area contributed by atoms with Crippen molar-refractivity contribution in [3.63, 3.8) is 0 Å². The number of aliphatic hydroxyl groups is 1. The Bertz CT molecular complexity index is 884. The highest BCUT2D eigenvalue weighted by molar-refractivity contribution is 5.95. The first kappa shape index (κ1) is 22.8. The summed E-state index contributed by atoms with van der Waals surface area (Å²) in [4.78, 5) is 18.7. The fourth-order valence-corrected chi connectivity index (χ4v) is 3.39. The highest BCUT2D eigenvalue weighted by atomic mass is 19.4. The van der Waals surface area contributed by atoms with Crippen molar-refractivity contribution in [1.29, 1.82) is 0 Å². The van der Waals surface area contributed by atoms with Gasteiger partial charge in [0.2, 0.25) is 0 Å². The Balaban J connectivity index is 1.60. The van der Waals surface area contributed by atoms with Crippen LogP contribution in [0.4, 0.5) is 13.2 Å². The number of ether oxygens (including phenoxy) is 3. The predicted molar refractivity (Wildman–Crippen MR) is 104 cm³/mol. The molecule has 1 saturated heterocycles. The van der Waals surface area contributed by atoms with Crippen LogP contribution in [0.1, 0.15) is 28.9 Å². The molecule has 10 heteroatoms. The van der Waals surface area contributed by atoms with Gasteiger partial charge < -0.3 is 19.5 Å². The van der Waals surface area contributed by atoms with Gasteiger partial charge in [-0.3, -0.25) is 14.5 Å². The van der Waals surface area contributed by atoms with Gasteiger partial charge in [-0.15, -0.1) is 13.2 Å². The highest BCUT2D eigenvalue weighted by Gasteiger charge is 2.36. The zero-order chi connectivity index (χ0) is 22.5. The lowest BCUT2D eigenvalue weighted by atomic mass is 9.87. The first-order valence-corrected chi connectivity index (χ1v) is 9.66. The number of rotatable bonds is 7. The van der Waals surface area contributed by atoms with Crippen molar-refractivity contribution < 1.29 is 37.3 Å². The van der Waals surface area contributed by atoms with Gasteiger partial charge >= 0.3 is 6.36 Å². The second-order valence-electron chi connectivity index (χ2n) is 7.05. The zero-order valence-corrected chi connectivity index (χ0v) is 16.9. The number of methoxy groups -OCH3 is 1. The van der Waals surface area contributed by atoms with E-state index in [1.807, 2.05) is 6.07 Å². The van der Waals surface area contributed by atoms with Crippen LogP contribution in [-0.2, 0) is 10.3 Å². The summed E-state index contributed by atoms with van der Waals surface area (Å²) < 4.78 is 50.2. The van der Waals surface area contributed by atoms with Gasteiger partial charge in [-0.1, -0.05) is 6.07 Å². The van der Waals surface area contributed by atoms with Crippen molar-refractivity contribution in [2.75, 3.05) is 33.4 Å². The monoisotopic (exact) mass is 440 g/mol. The number of benzene rings is 1. The summed E-state index contributed by atoms with van der Waals surface area (Å²) in [5.41, 5.74) is -0.148. The second kappa shape index (κ2) is 9.52. The molecule has 168 valence electrons. The normalized spacial score (nSPS) is 16.1. The van der Waals surface area contributed by atoms with Gasteiger partial charge in [-0.05, 0) is 43.2 Å². The molecule has 0 bridgehead atoms. The molecule has 1 aliphatic heterocycles. The molecule has 7 nitrogen and oxygen atoms in total. The van der Waals surface area contributed by atoms with Crippen LogP contribution in [0.15, 0.2) is 42.6 Å². The van der Waals surface area contributed by atoms with Crippen LogP contribution in [0, 0.1) is 0 Å². The van der Waals surface area contributed by atoms with Crippen LogP contribution in [0.2, 0.25) is 0 Å². The molecule has 2 heterocycles. The Morgan fingerprint density at radius 3 is 2.52 bits per heavy atom. The summed E-state index contributed by atoms with van der Waals surface area (Å²) in [7, 11) is 1.37. The maximum atomic E-state index is 12.9. The molecule has 2 aromatic rings. The number of hydrogen-bond acceptors (Lipinski definition) is 6. The van der Waals surface area contributed by atoms with E-state index in [4.69, 9.17) is 9.47 Å². The largest absolute Gasteiger partial charge is 0.522 e. The molecule has 1 aromatic carbocycles. The molecule has 1 aliphatic rings. The Labute approximate surface area is 177 Å². The third kappa shape index (κ3) is 5.86. The molecule has 3 rings (SSSR count). The van der Waals surface area contributed by atoms with E-state index >= 15 is 0 Å². The third-order valence-electron chi connectivity index (χ3n) is 5.04. The number of amides is 1.